The van der Waals surface area contributed by atoms with Gasteiger partial charge in [-0.05, 0) is 36.2 Å². The smallest absolute Gasteiger partial charge is 0.270 e. The van der Waals surface area contributed by atoms with Gasteiger partial charge < -0.3 is 5.73 Å². The highest BCUT2D eigenvalue weighted by molar-refractivity contribution is 9.10. The summed E-state index contributed by atoms with van der Waals surface area (Å²) in [5, 5.41) is 10.7. The van der Waals surface area contributed by atoms with Crippen LogP contribution in [0.3, 0.4) is 0 Å². The number of nitro groups is 1. The lowest BCUT2D eigenvalue weighted by molar-refractivity contribution is -0.384. The maximum atomic E-state index is 10.7. The SMILES string of the molecule is Cc1cc(N)ccc1SCc1ccc([N+](=O)[O-])cc1Br. The van der Waals surface area contributed by atoms with E-state index in [1.807, 2.05) is 25.1 Å². The second-order valence-electron chi connectivity index (χ2n) is 4.35. The minimum atomic E-state index is -0.397. The van der Waals surface area contributed by atoms with Crippen LogP contribution in [-0.2, 0) is 5.75 Å². The first-order valence-corrected chi connectivity index (χ1v) is 7.67. The van der Waals surface area contributed by atoms with Crippen LogP contribution in [0.1, 0.15) is 11.1 Å². The van der Waals surface area contributed by atoms with Crippen molar-refractivity contribution in [1.82, 2.24) is 0 Å². The molecule has 0 atom stereocenters. The molecule has 0 aliphatic carbocycles. The zero-order valence-corrected chi connectivity index (χ0v) is 13.2. The summed E-state index contributed by atoms with van der Waals surface area (Å²) in [5.41, 5.74) is 8.73. The van der Waals surface area contributed by atoms with Crippen LogP contribution < -0.4 is 5.73 Å². The third kappa shape index (κ3) is 3.52. The Bertz CT molecular complexity index is 662. The number of nitrogen functional groups attached to an aromatic ring is 1. The van der Waals surface area contributed by atoms with E-state index >= 15 is 0 Å². The number of nitrogens with zero attached hydrogens (tertiary/aromatic N) is 1. The number of benzene rings is 2. The molecule has 2 rings (SSSR count). The number of non-ortho nitro benzene ring substituents is 1. The van der Waals surface area contributed by atoms with Crippen LogP contribution in [0.2, 0.25) is 0 Å². The number of hydrogen-bond donors (Lipinski definition) is 1. The molecule has 0 bridgehead atoms. The van der Waals surface area contributed by atoms with Crippen molar-refractivity contribution in [3.63, 3.8) is 0 Å². The molecule has 0 saturated carbocycles. The molecule has 0 saturated heterocycles. The lowest BCUT2D eigenvalue weighted by atomic mass is 10.2. The summed E-state index contributed by atoms with van der Waals surface area (Å²) < 4.78 is 0.757. The van der Waals surface area contributed by atoms with Crippen molar-refractivity contribution in [2.75, 3.05) is 5.73 Å². The van der Waals surface area contributed by atoms with E-state index in [4.69, 9.17) is 5.73 Å². The van der Waals surface area contributed by atoms with E-state index in [9.17, 15) is 10.1 Å². The molecule has 0 unspecified atom stereocenters. The number of aryl methyl sites for hydroxylation is 1. The minimum Gasteiger partial charge on any atom is -0.399 e. The van der Waals surface area contributed by atoms with E-state index in [1.54, 1.807) is 17.8 Å². The summed E-state index contributed by atoms with van der Waals surface area (Å²) in [7, 11) is 0. The molecule has 104 valence electrons. The largest absolute Gasteiger partial charge is 0.399 e. The van der Waals surface area contributed by atoms with Crippen molar-refractivity contribution in [1.29, 1.82) is 0 Å². The Morgan fingerprint density at radius 1 is 1.30 bits per heavy atom. The molecule has 2 aromatic rings. The molecule has 2 aromatic carbocycles. The molecule has 0 radical (unpaired) electrons. The first kappa shape index (κ1) is 14.9. The maximum Gasteiger partial charge on any atom is 0.270 e. The monoisotopic (exact) mass is 352 g/mol. The van der Waals surface area contributed by atoms with Crippen molar-refractivity contribution in [2.45, 2.75) is 17.6 Å². The fourth-order valence-corrected chi connectivity index (χ4v) is 3.46. The van der Waals surface area contributed by atoms with Crippen LogP contribution in [0.5, 0.6) is 0 Å². The summed E-state index contributed by atoms with van der Waals surface area (Å²) >= 11 is 5.06. The number of rotatable bonds is 4. The fourth-order valence-electron chi connectivity index (χ4n) is 1.76. The average Bonchev–Trinajstić information content (AvgIpc) is 2.38. The Kier molecular flexibility index (Phi) is 4.67. The van der Waals surface area contributed by atoms with Gasteiger partial charge in [-0.2, -0.15) is 0 Å². The first-order chi connectivity index (χ1) is 9.47. The van der Waals surface area contributed by atoms with Gasteiger partial charge in [-0.25, -0.2) is 0 Å². The molecule has 2 N–H and O–H groups in total. The van der Waals surface area contributed by atoms with E-state index in [0.29, 0.717) is 0 Å². The number of anilines is 1. The average molecular weight is 353 g/mol. The Morgan fingerprint density at radius 2 is 2.05 bits per heavy atom. The molecule has 0 aliphatic heterocycles. The van der Waals surface area contributed by atoms with Crippen molar-refractivity contribution < 1.29 is 4.92 Å². The second-order valence-corrected chi connectivity index (χ2v) is 6.22. The molecule has 4 nitrogen and oxygen atoms in total. The molecule has 6 heteroatoms. The van der Waals surface area contributed by atoms with Crippen LogP contribution in [0.25, 0.3) is 0 Å². The number of nitro benzene ring substituents is 1. The van der Waals surface area contributed by atoms with Gasteiger partial charge in [-0.1, -0.05) is 22.0 Å². The van der Waals surface area contributed by atoms with Crippen molar-refractivity contribution in [2.24, 2.45) is 0 Å². The Hall–Kier alpha value is -1.53. The van der Waals surface area contributed by atoms with Crippen molar-refractivity contribution >= 4 is 39.1 Å². The van der Waals surface area contributed by atoms with Gasteiger partial charge in [0.2, 0.25) is 0 Å². The Balaban J connectivity index is 2.13. The quantitative estimate of drug-likeness (QED) is 0.379. The molecule has 20 heavy (non-hydrogen) atoms. The highest BCUT2D eigenvalue weighted by Crippen LogP contribution is 2.31. The minimum absolute atomic E-state index is 0.0919. The molecule has 0 fully saturated rings. The zero-order valence-electron chi connectivity index (χ0n) is 10.8. The topological polar surface area (TPSA) is 69.2 Å². The van der Waals surface area contributed by atoms with Gasteiger partial charge >= 0.3 is 0 Å². The van der Waals surface area contributed by atoms with E-state index in [2.05, 4.69) is 15.9 Å². The van der Waals surface area contributed by atoms with Gasteiger partial charge in [0.05, 0.1) is 4.92 Å². The predicted octanol–water partition coefficient (Wildman–Crippen LogP) is 4.54. The molecule has 0 heterocycles. The van der Waals surface area contributed by atoms with Gasteiger partial charge in [0.1, 0.15) is 0 Å². The van der Waals surface area contributed by atoms with Gasteiger partial charge in [0.15, 0.2) is 0 Å². The standard InChI is InChI=1S/C14H13BrN2O2S/c1-9-6-11(16)3-5-14(9)20-8-10-2-4-12(17(18)19)7-13(10)15/h2-7H,8,16H2,1H3. The van der Waals surface area contributed by atoms with Gasteiger partial charge in [-0.15, -0.1) is 11.8 Å². The third-order valence-corrected chi connectivity index (χ3v) is 4.79. The summed E-state index contributed by atoms with van der Waals surface area (Å²) in [4.78, 5) is 11.4. The fraction of sp³-hybridized carbons (Fsp3) is 0.143. The molecular weight excluding hydrogens is 340 g/mol. The van der Waals surface area contributed by atoms with Crippen LogP contribution in [0.15, 0.2) is 45.8 Å². The van der Waals surface area contributed by atoms with Crippen LogP contribution in [-0.4, -0.2) is 4.92 Å². The molecule has 0 aliphatic rings. The van der Waals surface area contributed by atoms with Crippen molar-refractivity contribution in [3.05, 3.63) is 62.1 Å². The summed E-state index contributed by atoms with van der Waals surface area (Å²) in [6.45, 7) is 2.02. The van der Waals surface area contributed by atoms with Crippen LogP contribution in [0, 0.1) is 17.0 Å². The summed E-state index contributed by atoms with van der Waals surface area (Å²) in [5.74, 6) is 0.739. The molecule has 0 amide bonds. The van der Waals surface area contributed by atoms with Gasteiger partial charge in [-0.3, -0.25) is 10.1 Å². The Morgan fingerprint density at radius 3 is 2.65 bits per heavy atom. The van der Waals surface area contributed by atoms with Crippen LogP contribution >= 0.6 is 27.7 Å². The van der Waals surface area contributed by atoms with Crippen LogP contribution in [0.4, 0.5) is 11.4 Å². The van der Waals surface area contributed by atoms with Gasteiger partial charge in [0, 0.05) is 32.9 Å². The van der Waals surface area contributed by atoms with E-state index < -0.39 is 4.92 Å². The zero-order chi connectivity index (χ0) is 14.7. The normalized spacial score (nSPS) is 10.5. The first-order valence-electron chi connectivity index (χ1n) is 5.89. The lowest BCUT2D eigenvalue weighted by Crippen LogP contribution is -1.91. The van der Waals surface area contributed by atoms with E-state index in [1.165, 1.54) is 12.1 Å². The summed E-state index contributed by atoms with van der Waals surface area (Å²) in [6, 6.07) is 10.6. The number of thioether (sulfide) groups is 1. The third-order valence-electron chi connectivity index (χ3n) is 2.83. The highest BCUT2D eigenvalue weighted by Gasteiger charge is 2.09. The number of halogens is 1. The second kappa shape index (κ2) is 6.28. The van der Waals surface area contributed by atoms with Crippen molar-refractivity contribution in [3.8, 4) is 0 Å². The number of nitrogens with two attached hydrogens (primary N) is 1. The maximum absolute atomic E-state index is 10.7. The van der Waals surface area contributed by atoms with E-state index in [0.717, 1.165) is 31.9 Å². The predicted molar refractivity (Wildman–Crippen MR) is 85.9 cm³/mol. The molecular formula is C14H13BrN2O2S. The van der Waals surface area contributed by atoms with Gasteiger partial charge in [0.25, 0.3) is 5.69 Å². The molecule has 0 spiro atoms. The van der Waals surface area contributed by atoms with E-state index in [-0.39, 0.29) is 5.69 Å². The number of hydrogen-bond acceptors (Lipinski definition) is 4. The summed E-state index contributed by atoms with van der Waals surface area (Å²) in [6.07, 6.45) is 0. The highest BCUT2D eigenvalue weighted by atomic mass is 79.9. The Labute approximate surface area is 129 Å². The molecule has 0 aromatic heterocycles. The lowest BCUT2D eigenvalue weighted by Gasteiger charge is -2.08.